The summed E-state index contributed by atoms with van der Waals surface area (Å²) < 4.78 is 0.917. The average molecular weight is 523 g/mol. The predicted molar refractivity (Wildman–Crippen MR) is 148 cm³/mol. The van der Waals surface area contributed by atoms with Crippen molar-refractivity contribution in [2.45, 2.75) is 139 Å². The number of hydrogen-bond donors (Lipinski definition) is 0. The maximum Gasteiger partial charge on any atom is 0.0506 e. The molecule has 1 nitrogen and oxygen atoms in total. The summed E-state index contributed by atoms with van der Waals surface area (Å²) in [6.07, 6.45) is 27.9. The van der Waals surface area contributed by atoms with Gasteiger partial charge in [-0.25, -0.2) is 0 Å². The second-order valence-corrected chi connectivity index (χ2v) is 12.6. The monoisotopic (exact) mass is 521 g/mol. The molecule has 2 fully saturated rings. The minimum absolute atomic E-state index is 0. The fourth-order valence-corrected chi connectivity index (χ4v) is 8.30. The van der Waals surface area contributed by atoms with Crippen LogP contribution in [0.4, 0.5) is 0 Å². The highest BCUT2D eigenvalue weighted by Gasteiger charge is 2.26. The molecular weight excluding hydrogens is 470 g/mol. The molecule has 2 aliphatic rings. The van der Waals surface area contributed by atoms with Crippen molar-refractivity contribution in [2.75, 3.05) is 25.4 Å². The first-order chi connectivity index (χ1) is 14.4. The second kappa shape index (κ2) is 20.7. The van der Waals surface area contributed by atoms with Crippen molar-refractivity contribution in [3.05, 3.63) is 0 Å². The van der Waals surface area contributed by atoms with E-state index in [0.717, 1.165) is 9.83 Å². The molecule has 180 valence electrons. The molecule has 0 N–H and O–H groups in total. The van der Waals surface area contributed by atoms with Gasteiger partial charge < -0.3 is 4.90 Å². The zero-order chi connectivity index (χ0) is 20.4. The zero-order valence-electron chi connectivity index (χ0n) is 20.1. The Labute approximate surface area is 208 Å². The third kappa shape index (κ3) is 15.1. The number of rotatable bonds is 19. The highest BCUT2D eigenvalue weighted by Crippen LogP contribution is 2.42. The molecule has 4 heteroatoms. The van der Waals surface area contributed by atoms with E-state index < -0.39 is 0 Å². The van der Waals surface area contributed by atoms with Crippen LogP contribution in [0.2, 0.25) is 0 Å². The van der Waals surface area contributed by atoms with Crippen molar-refractivity contribution in [3.8, 4) is 0 Å². The van der Waals surface area contributed by atoms with Crippen molar-refractivity contribution >= 4 is 40.5 Å². The fraction of sp³-hybridized carbons (Fsp3) is 1.00. The van der Waals surface area contributed by atoms with E-state index in [2.05, 4.69) is 35.3 Å². The summed E-state index contributed by atoms with van der Waals surface area (Å²) in [7, 11) is 0. The van der Waals surface area contributed by atoms with Crippen LogP contribution in [0.1, 0.15) is 129 Å². The third-order valence-electron chi connectivity index (χ3n) is 6.82. The molecule has 2 heterocycles. The summed E-state index contributed by atoms with van der Waals surface area (Å²) in [6, 6.07) is 0. The van der Waals surface area contributed by atoms with E-state index in [1.807, 2.05) is 0 Å². The molecule has 0 aromatic carbocycles. The highest BCUT2D eigenvalue weighted by molar-refractivity contribution is 8.93. The molecule has 2 atom stereocenters. The van der Waals surface area contributed by atoms with Gasteiger partial charge in [0, 0.05) is 11.0 Å². The Bertz CT molecular complexity index is 363. The maximum absolute atomic E-state index is 2.69. The zero-order valence-corrected chi connectivity index (χ0v) is 23.4. The number of thioether (sulfide) groups is 2. The van der Waals surface area contributed by atoms with E-state index >= 15 is 0 Å². The van der Waals surface area contributed by atoms with Gasteiger partial charge in [-0.1, -0.05) is 103 Å². The minimum atomic E-state index is 0. The van der Waals surface area contributed by atoms with Gasteiger partial charge >= 0.3 is 0 Å². The summed E-state index contributed by atoms with van der Waals surface area (Å²) in [4.78, 5) is 2.69. The van der Waals surface area contributed by atoms with E-state index in [1.54, 1.807) is 0 Å². The molecule has 0 spiro atoms. The van der Waals surface area contributed by atoms with Crippen molar-refractivity contribution in [1.29, 1.82) is 0 Å². The van der Waals surface area contributed by atoms with Gasteiger partial charge in [0.2, 0.25) is 0 Å². The molecule has 30 heavy (non-hydrogen) atoms. The Morgan fingerprint density at radius 3 is 1.70 bits per heavy atom. The number of hydrogen-bond acceptors (Lipinski definition) is 3. The van der Waals surface area contributed by atoms with E-state index in [1.165, 1.54) is 147 Å². The van der Waals surface area contributed by atoms with Crippen LogP contribution in [0.15, 0.2) is 0 Å². The molecule has 0 aromatic heterocycles. The van der Waals surface area contributed by atoms with E-state index in [0.29, 0.717) is 0 Å². The SMILES string of the molecule is Br.CCCCCCCCCCCCCCCCCC1SCC(CCN2CCCC2)S1. The van der Waals surface area contributed by atoms with Crippen molar-refractivity contribution in [2.24, 2.45) is 0 Å². The van der Waals surface area contributed by atoms with Crippen molar-refractivity contribution in [1.82, 2.24) is 4.90 Å². The lowest BCUT2D eigenvalue weighted by Gasteiger charge is -2.17. The largest absolute Gasteiger partial charge is 0.303 e. The molecule has 2 unspecified atom stereocenters. The van der Waals surface area contributed by atoms with Crippen LogP contribution in [-0.4, -0.2) is 40.1 Å². The number of unbranched alkanes of at least 4 members (excludes halogenated alkanes) is 14. The molecule has 2 aliphatic heterocycles. The van der Waals surface area contributed by atoms with Gasteiger partial charge in [-0.3, -0.25) is 0 Å². The topological polar surface area (TPSA) is 3.24 Å². The summed E-state index contributed by atoms with van der Waals surface area (Å²) in [6.45, 7) is 6.41. The summed E-state index contributed by atoms with van der Waals surface area (Å²) >= 11 is 4.58. The number of halogens is 1. The van der Waals surface area contributed by atoms with Gasteiger partial charge in [0.25, 0.3) is 0 Å². The summed E-state index contributed by atoms with van der Waals surface area (Å²) in [5.41, 5.74) is 0. The standard InChI is InChI=1S/C26H51NS2.BrH/c1-2-3-4-5-6-7-8-9-10-11-12-13-14-15-16-19-26-28-24-25(29-26)20-23-27-21-17-18-22-27;/h25-26H,2-24H2,1H3;1H. The summed E-state index contributed by atoms with van der Waals surface area (Å²) in [5, 5.41) is 0.946. The summed E-state index contributed by atoms with van der Waals surface area (Å²) in [5.74, 6) is 1.42. The molecule has 2 saturated heterocycles. The molecule has 0 bridgehead atoms. The molecule has 0 radical (unpaired) electrons. The maximum atomic E-state index is 2.69. The van der Waals surface area contributed by atoms with E-state index in [9.17, 15) is 0 Å². The Morgan fingerprint density at radius 1 is 0.667 bits per heavy atom. The minimum Gasteiger partial charge on any atom is -0.303 e. The third-order valence-corrected chi connectivity index (χ3v) is 10.3. The van der Waals surface area contributed by atoms with Crippen molar-refractivity contribution in [3.63, 3.8) is 0 Å². The lowest BCUT2D eigenvalue weighted by molar-refractivity contribution is 0.334. The van der Waals surface area contributed by atoms with Crippen LogP contribution in [-0.2, 0) is 0 Å². The number of nitrogens with zero attached hydrogens (tertiary/aromatic N) is 1. The Hall–Kier alpha value is 1.14. The molecular formula is C26H52BrNS2. The Morgan fingerprint density at radius 2 is 1.17 bits per heavy atom. The van der Waals surface area contributed by atoms with Gasteiger partial charge in [-0.15, -0.1) is 40.5 Å². The molecule has 0 aromatic rings. The van der Waals surface area contributed by atoms with E-state index in [-0.39, 0.29) is 17.0 Å². The Kier molecular flexibility index (Phi) is 20.2. The lowest BCUT2D eigenvalue weighted by Crippen LogP contribution is -2.23. The van der Waals surface area contributed by atoms with E-state index in [4.69, 9.17) is 0 Å². The van der Waals surface area contributed by atoms with Gasteiger partial charge in [-0.05, 0) is 45.3 Å². The highest BCUT2D eigenvalue weighted by atomic mass is 79.9. The first-order valence-electron chi connectivity index (χ1n) is 13.4. The Balaban J connectivity index is 0.00000450. The lowest BCUT2D eigenvalue weighted by atomic mass is 10.0. The van der Waals surface area contributed by atoms with Crippen LogP contribution in [0.25, 0.3) is 0 Å². The van der Waals surface area contributed by atoms with Gasteiger partial charge in [0.15, 0.2) is 0 Å². The smallest absolute Gasteiger partial charge is 0.0506 e. The first kappa shape index (κ1) is 29.2. The molecule has 2 rings (SSSR count). The van der Waals surface area contributed by atoms with Crippen LogP contribution in [0.3, 0.4) is 0 Å². The van der Waals surface area contributed by atoms with Crippen LogP contribution in [0, 0.1) is 0 Å². The quantitative estimate of drug-likeness (QED) is 0.156. The second-order valence-electron chi connectivity index (χ2n) is 9.60. The van der Waals surface area contributed by atoms with Gasteiger partial charge in [0.05, 0.1) is 4.58 Å². The molecule has 0 amide bonds. The van der Waals surface area contributed by atoms with Gasteiger partial charge in [-0.2, -0.15) is 0 Å². The predicted octanol–water partition coefficient (Wildman–Crippen LogP) is 9.49. The average Bonchev–Trinajstić information content (AvgIpc) is 3.41. The first-order valence-corrected chi connectivity index (χ1v) is 15.4. The fourth-order valence-electron chi connectivity index (χ4n) is 4.83. The van der Waals surface area contributed by atoms with Crippen LogP contribution in [0.5, 0.6) is 0 Å². The van der Waals surface area contributed by atoms with Crippen LogP contribution >= 0.6 is 40.5 Å². The van der Waals surface area contributed by atoms with Crippen molar-refractivity contribution < 1.29 is 0 Å². The molecule has 0 aliphatic carbocycles. The van der Waals surface area contributed by atoms with Gasteiger partial charge in [0.1, 0.15) is 0 Å². The number of likely N-dealkylation sites (tertiary alicyclic amines) is 1. The van der Waals surface area contributed by atoms with Crippen LogP contribution < -0.4 is 0 Å². The molecule has 0 saturated carbocycles. The normalized spacial score (nSPS) is 21.9.